The third-order valence-electron chi connectivity index (χ3n) is 1.80. The second-order valence-electron chi connectivity index (χ2n) is 2.92. The van der Waals surface area contributed by atoms with Crippen molar-refractivity contribution in [3.05, 3.63) is 40.3 Å². The van der Waals surface area contributed by atoms with Crippen LogP contribution in [0, 0.1) is 13.8 Å². The minimum absolute atomic E-state index is 0.531. The second kappa shape index (κ2) is 3.90. The van der Waals surface area contributed by atoms with Gasteiger partial charge in [-0.25, -0.2) is 9.97 Å². The fraction of sp³-hybridized carbons (Fsp3) is 0.111. The maximum absolute atomic E-state index is 5.95. The maximum Gasteiger partial charge on any atom is 0.171 e. The van der Waals surface area contributed by atoms with Crippen LogP contribution >= 0.6 is 27.5 Å². The van der Waals surface area contributed by atoms with Crippen molar-refractivity contribution < 1.29 is 0 Å². The molecule has 0 N–H and O–H groups in total. The van der Waals surface area contributed by atoms with Crippen LogP contribution in [0.3, 0.4) is 0 Å². The molecule has 2 heterocycles. The SMILES string of the molecule is [CH2]c1nc(C)nn1-c1nccc(Cl)c1Br. The lowest BCUT2D eigenvalue weighted by Crippen LogP contribution is -2.03. The molecule has 0 amide bonds. The summed E-state index contributed by atoms with van der Waals surface area (Å²) in [5, 5.41) is 4.75. The highest BCUT2D eigenvalue weighted by Crippen LogP contribution is 2.27. The highest BCUT2D eigenvalue weighted by molar-refractivity contribution is 9.10. The number of rotatable bonds is 1. The van der Waals surface area contributed by atoms with Gasteiger partial charge in [-0.1, -0.05) is 11.6 Å². The third kappa shape index (κ3) is 1.89. The molecule has 0 spiro atoms. The summed E-state index contributed by atoms with van der Waals surface area (Å²) >= 11 is 9.30. The Morgan fingerprint density at radius 1 is 1.53 bits per heavy atom. The zero-order chi connectivity index (χ0) is 11.0. The van der Waals surface area contributed by atoms with E-state index < -0.39 is 0 Å². The molecule has 2 rings (SSSR count). The summed E-state index contributed by atoms with van der Waals surface area (Å²) < 4.78 is 2.23. The molecule has 0 aliphatic rings. The summed E-state index contributed by atoms with van der Waals surface area (Å²) in [4.78, 5) is 8.27. The summed E-state index contributed by atoms with van der Waals surface area (Å²) in [6.45, 7) is 5.57. The van der Waals surface area contributed by atoms with Crippen molar-refractivity contribution in [1.29, 1.82) is 0 Å². The second-order valence-corrected chi connectivity index (χ2v) is 4.12. The van der Waals surface area contributed by atoms with E-state index in [9.17, 15) is 0 Å². The minimum atomic E-state index is 0.531. The van der Waals surface area contributed by atoms with E-state index in [-0.39, 0.29) is 0 Å². The largest absolute Gasteiger partial charge is 0.236 e. The van der Waals surface area contributed by atoms with Crippen LogP contribution in [0.2, 0.25) is 5.02 Å². The summed E-state index contributed by atoms with van der Waals surface area (Å²) in [6, 6.07) is 1.70. The van der Waals surface area contributed by atoms with Crippen LogP contribution < -0.4 is 0 Å². The van der Waals surface area contributed by atoms with E-state index in [0.29, 0.717) is 27.0 Å². The summed E-state index contributed by atoms with van der Waals surface area (Å²) in [6.07, 6.45) is 1.61. The first kappa shape index (κ1) is 10.6. The lowest BCUT2D eigenvalue weighted by Gasteiger charge is -2.04. The van der Waals surface area contributed by atoms with Crippen molar-refractivity contribution in [2.75, 3.05) is 0 Å². The zero-order valence-electron chi connectivity index (χ0n) is 7.91. The topological polar surface area (TPSA) is 43.6 Å². The number of hydrogen-bond donors (Lipinski definition) is 0. The Kier molecular flexibility index (Phi) is 2.75. The van der Waals surface area contributed by atoms with Crippen molar-refractivity contribution in [3.63, 3.8) is 0 Å². The molecule has 0 bridgehead atoms. The van der Waals surface area contributed by atoms with Crippen molar-refractivity contribution in [2.24, 2.45) is 0 Å². The number of nitrogens with zero attached hydrogens (tertiary/aromatic N) is 4. The Labute approximate surface area is 100 Å². The average Bonchev–Trinajstić information content (AvgIpc) is 2.50. The first-order chi connectivity index (χ1) is 7.09. The molecule has 2 aromatic rings. The van der Waals surface area contributed by atoms with Crippen LogP contribution in [-0.4, -0.2) is 19.7 Å². The zero-order valence-corrected chi connectivity index (χ0v) is 10.2. The molecule has 0 unspecified atom stereocenters. The van der Waals surface area contributed by atoms with E-state index in [1.807, 2.05) is 0 Å². The monoisotopic (exact) mass is 285 g/mol. The summed E-state index contributed by atoms with van der Waals surface area (Å²) in [5.74, 6) is 1.77. The number of pyridine rings is 1. The number of halogens is 2. The lowest BCUT2D eigenvalue weighted by atomic mass is 10.4. The molecule has 0 aromatic carbocycles. The Balaban J connectivity index is 2.64. The highest BCUT2D eigenvalue weighted by atomic mass is 79.9. The van der Waals surface area contributed by atoms with Gasteiger partial charge in [0.2, 0.25) is 0 Å². The first-order valence-electron chi connectivity index (χ1n) is 4.15. The van der Waals surface area contributed by atoms with Gasteiger partial charge >= 0.3 is 0 Å². The fourth-order valence-corrected chi connectivity index (χ4v) is 1.73. The van der Waals surface area contributed by atoms with Crippen molar-refractivity contribution in [3.8, 4) is 5.82 Å². The van der Waals surface area contributed by atoms with E-state index in [1.54, 1.807) is 23.9 Å². The summed E-state index contributed by atoms with van der Waals surface area (Å²) in [5.41, 5.74) is 0. The number of aromatic nitrogens is 4. The van der Waals surface area contributed by atoms with Gasteiger partial charge in [0.15, 0.2) is 5.82 Å². The Bertz CT molecular complexity index is 509. The van der Waals surface area contributed by atoms with Crippen molar-refractivity contribution in [1.82, 2.24) is 19.7 Å². The lowest BCUT2D eigenvalue weighted by molar-refractivity contribution is 0.813. The van der Waals surface area contributed by atoms with Gasteiger partial charge in [0.25, 0.3) is 0 Å². The third-order valence-corrected chi connectivity index (χ3v) is 3.13. The summed E-state index contributed by atoms with van der Waals surface area (Å²) in [7, 11) is 0. The van der Waals surface area contributed by atoms with Gasteiger partial charge in [-0.2, -0.15) is 4.68 Å². The van der Waals surface area contributed by atoms with Crippen LogP contribution in [0.25, 0.3) is 5.82 Å². The normalized spacial score (nSPS) is 10.7. The standard InChI is InChI=1S/C9H7BrClN4/c1-5-13-6(2)15(14-5)9-8(10)7(11)3-4-12-9/h3-4H,2H2,1H3. The smallest absolute Gasteiger partial charge is 0.171 e. The van der Waals surface area contributed by atoms with Crippen molar-refractivity contribution in [2.45, 2.75) is 6.92 Å². The van der Waals surface area contributed by atoms with Gasteiger partial charge in [-0.15, -0.1) is 5.10 Å². The molecule has 0 aliphatic carbocycles. The quantitative estimate of drug-likeness (QED) is 0.809. The Morgan fingerprint density at radius 2 is 2.27 bits per heavy atom. The van der Waals surface area contributed by atoms with Crippen LogP contribution in [0.4, 0.5) is 0 Å². The van der Waals surface area contributed by atoms with Crippen LogP contribution in [0.5, 0.6) is 0 Å². The molecule has 77 valence electrons. The number of hydrogen-bond acceptors (Lipinski definition) is 3. The van der Waals surface area contributed by atoms with E-state index in [1.165, 1.54) is 0 Å². The predicted molar refractivity (Wildman–Crippen MR) is 61.1 cm³/mol. The number of aryl methyl sites for hydroxylation is 1. The maximum atomic E-state index is 5.95. The molecular formula is C9H7BrClN4. The molecular weight excluding hydrogens is 279 g/mol. The van der Waals surface area contributed by atoms with Crippen LogP contribution in [0.15, 0.2) is 16.7 Å². The van der Waals surface area contributed by atoms with E-state index in [4.69, 9.17) is 11.6 Å². The minimum Gasteiger partial charge on any atom is -0.236 e. The van der Waals surface area contributed by atoms with Crippen LogP contribution in [0.1, 0.15) is 11.6 Å². The fourth-order valence-electron chi connectivity index (χ4n) is 1.19. The van der Waals surface area contributed by atoms with Gasteiger partial charge in [0.05, 0.1) is 9.50 Å². The molecule has 1 radical (unpaired) electrons. The molecule has 0 saturated carbocycles. The van der Waals surface area contributed by atoms with Gasteiger partial charge in [-0.3, -0.25) is 0 Å². The van der Waals surface area contributed by atoms with Gasteiger partial charge in [0.1, 0.15) is 11.6 Å². The first-order valence-corrected chi connectivity index (χ1v) is 5.32. The van der Waals surface area contributed by atoms with Gasteiger partial charge < -0.3 is 0 Å². The Morgan fingerprint density at radius 3 is 2.87 bits per heavy atom. The predicted octanol–water partition coefficient (Wildman–Crippen LogP) is 2.57. The van der Waals surface area contributed by atoms with Gasteiger partial charge in [0, 0.05) is 13.1 Å². The molecule has 15 heavy (non-hydrogen) atoms. The molecule has 4 nitrogen and oxygen atoms in total. The highest BCUT2D eigenvalue weighted by Gasteiger charge is 2.11. The van der Waals surface area contributed by atoms with Crippen LogP contribution in [-0.2, 0) is 0 Å². The average molecular weight is 287 g/mol. The Hall–Kier alpha value is -0.940. The molecule has 0 fully saturated rings. The molecule has 6 heteroatoms. The van der Waals surface area contributed by atoms with E-state index >= 15 is 0 Å². The van der Waals surface area contributed by atoms with E-state index in [0.717, 1.165) is 0 Å². The van der Waals surface area contributed by atoms with E-state index in [2.05, 4.69) is 37.9 Å². The van der Waals surface area contributed by atoms with Gasteiger partial charge in [-0.05, 0) is 28.9 Å². The van der Waals surface area contributed by atoms with Crippen molar-refractivity contribution >= 4 is 27.5 Å². The molecule has 2 aromatic heterocycles. The molecule has 0 saturated heterocycles. The molecule has 0 atom stereocenters. The molecule has 0 aliphatic heterocycles.